The molecule has 2 rings (SSSR count). The van der Waals surface area contributed by atoms with Crippen molar-refractivity contribution in [2.24, 2.45) is 10.9 Å². The number of unbranched alkanes of at least 4 members (excludes halogenated alkanes) is 2. The summed E-state index contributed by atoms with van der Waals surface area (Å²) in [6.45, 7) is 5.59. The minimum Gasteiger partial charge on any atom is -0.478 e. The Bertz CT molecular complexity index is 689. The topological polar surface area (TPSA) is 59.0 Å². The first-order valence-corrected chi connectivity index (χ1v) is 11.6. The third kappa shape index (κ3) is 6.32. The minimum absolute atomic E-state index is 0.311. The van der Waals surface area contributed by atoms with Gasteiger partial charge in [-0.05, 0) is 37.8 Å². The van der Waals surface area contributed by atoms with Crippen molar-refractivity contribution in [2.75, 3.05) is 20.2 Å². The van der Waals surface area contributed by atoms with Gasteiger partial charge in [-0.1, -0.05) is 51.3 Å². The van der Waals surface area contributed by atoms with Crippen LogP contribution in [-0.2, 0) is 14.8 Å². The average molecular weight is 395 g/mol. The highest BCUT2D eigenvalue weighted by Gasteiger charge is 2.25. The number of sulfonamides is 1. The zero-order chi connectivity index (χ0) is 19.7. The van der Waals surface area contributed by atoms with E-state index >= 15 is 0 Å². The van der Waals surface area contributed by atoms with E-state index in [0.29, 0.717) is 30.0 Å². The Hall–Kier alpha value is -1.40. The molecule has 0 spiro atoms. The van der Waals surface area contributed by atoms with E-state index in [1.54, 1.807) is 31.3 Å². The maximum atomic E-state index is 12.6. The lowest BCUT2D eigenvalue weighted by Gasteiger charge is -2.19. The minimum atomic E-state index is -3.40. The summed E-state index contributed by atoms with van der Waals surface area (Å²) in [4.78, 5) is 5.09. The van der Waals surface area contributed by atoms with Gasteiger partial charge in [0.15, 0.2) is 5.90 Å². The summed E-state index contributed by atoms with van der Waals surface area (Å²) in [6.07, 6.45) is 7.29. The van der Waals surface area contributed by atoms with Gasteiger partial charge in [-0.15, -0.1) is 0 Å². The summed E-state index contributed by atoms with van der Waals surface area (Å²) < 4.78 is 32.4. The van der Waals surface area contributed by atoms with Crippen LogP contribution in [0.4, 0.5) is 0 Å². The van der Waals surface area contributed by atoms with Gasteiger partial charge in [0, 0.05) is 19.5 Å². The molecular formula is C21H34N2O3S. The van der Waals surface area contributed by atoms with Crippen LogP contribution in [0.1, 0.15) is 58.8 Å². The van der Waals surface area contributed by atoms with Crippen LogP contribution in [0.5, 0.6) is 0 Å². The molecule has 1 aromatic rings. The molecule has 5 nitrogen and oxygen atoms in total. The Balaban J connectivity index is 1.84. The molecule has 0 fully saturated rings. The Morgan fingerprint density at radius 1 is 1.15 bits per heavy atom. The van der Waals surface area contributed by atoms with Gasteiger partial charge in [-0.2, -0.15) is 0 Å². The zero-order valence-corrected chi connectivity index (χ0v) is 17.7. The van der Waals surface area contributed by atoms with Gasteiger partial charge in [-0.25, -0.2) is 17.7 Å². The van der Waals surface area contributed by atoms with Gasteiger partial charge in [0.1, 0.15) is 6.61 Å². The molecule has 0 aliphatic carbocycles. The van der Waals surface area contributed by atoms with Gasteiger partial charge in [0.2, 0.25) is 10.0 Å². The summed E-state index contributed by atoms with van der Waals surface area (Å²) in [5.41, 5.74) is 0. The van der Waals surface area contributed by atoms with Gasteiger partial charge in [0.25, 0.3) is 0 Å². The fourth-order valence-corrected chi connectivity index (χ4v) is 4.56. The van der Waals surface area contributed by atoms with E-state index in [4.69, 9.17) is 9.73 Å². The third-order valence-corrected chi connectivity index (χ3v) is 7.06. The van der Waals surface area contributed by atoms with Crippen molar-refractivity contribution in [1.82, 2.24) is 4.31 Å². The maximum Gasteiger partial charge on any atom is 0.242 e. The molecule has 0 bridgehead atoms. The summed E-state index contributed by atoms with van der Waals surface area (Å²) >= 11 is 0. The summed E-state index contributed by atoms with van der Waals surface area (Å²) in [7, 11) is -1.74. The lowest BCUT2D eigenvalue weighted by molar-refractivity contribution is 0.286. The Morgan fingerprint density at radius 3 is 2.48 bits per heavy atom. The van der Waals surface area contributed by atoms with Crippen molar-refractivity contribution in [3.63, 3.8) is 0 Å². The Kier molecular flexibility index (Phi) is 8.77. The molecule has 0 saturated carbocycles. The fourth-order valence-electron chi connectivity index (χ4n) is 3.33. The van der Waals surface area contributed by atoms with Crippen LogP contribution >= 0.6 is 0 Å². The molecule has 1 aliphatic rings. The summed E-state index contributed by atoms with van der Waals surface area (Å²) in [5, 5.41) is 0. The molecule has 0 amide bonds. The van der Waals surface area contributed by atoms with Crippen LogP contribution in [0.2, 0.25) is 0 Å². The molecule has 152 valence electrons. The van der Waals surface area contributed by atoms with E-state index in [9.17, 15) is 8.42 Å². The van der Waals surface area contributed by atoms with E-state index in [-0.39, 0.29) is 0 Å². The smallest absolute Gasteiger partial charge is 0.242 e. The number of nitrogens with zero attached hydrogens (tertiary/aromatic N) is 2. The van der Waals surface area contributed by atoms with E-state index in [0.717, 1.165) is 38.0 Å². The quantitative estimate of drug-likeness (QED) is 0.491. The Morgan fingerprint density at radius 2 is 1.85 bits per heavy atom. The standard InChI is InChI=1S/C21H34N2O3S/c1-4-6-12-18(21-22-19(5-2)17-26-21)13-10-11-16-23(3)27(24,25)20-14-8-7-9-15-20/h7-9,14-15,18-19H,4-6,10-13,16-17H2,1-3H3/t18-,19+/m0/s1. The molecule has 0 N–H and O–H groups in total. The van der Waals surface area contributed by atoms with Crippen LogP contribution < -0.4 is 0 Å². The molecular weight excluding hydrogens is 360 g/mol. The lowest BCUT2D eigenvalue weighted by atomic mass is 9.95. The molecule has 1 aromatic carbocycles. The number of hydrogen-bond donors (Lipinski definition) is 0. The van der Waals surface area contributed by atoms with Crippen LogP contribution in [0, 0.1) is 5.92 Å². The van der Waals surface area contributed by atoms with Crippen molar-refractivity contribution >= 4 is 15.9 Å². The third-order valence-electron chi connectivity index (χ3n) is 5.19. The molecule has 27 heavy (non-hydrogen) atoms. The average Bonchev–Trinajstić information content (AvgIpc) is 3.17. The fraction of sp³-hybridized carbons (Fsp3) is 0.667. The predicted octanol–water partition coefficient (Wildman–Crippen LogP) is 4.49. The second-order valence-electron chi connectivity index (χ2n) is 7.31. The first kappa shape index (κ1) is 21.9. The number of aliphatic imine (C=N–C) groups is 1. The van der Waals surface area contributed by atoms with Gasteiger partial charge in [0.05, 0.1) is 10.9 Å². The molecule has 0 unspecified atom stereocenters. The van der Waals surface area contributed by atoms with Crippen molar-refractivity contribution in [2.45, 2.75) is 69.7 Å². The van der Waals surface area contributed by atoms with Crippen LogP contribution in [0.3, 0.4) is 0 Å². The molecule has 0 radical (unpaired) electrons. The van der Waals surface area contributed by atoms with Crippen molar-refractivity contribution in [1.29, 1.82) is 0 Å². The van der Waals surface area contributed by atoms with Gasteiger partial charge < -0.3 is 4.74 Å². The summed E-state index contributed by atoms with van der Waals surface area (Å²) in [5.74, 6) is 1.30. The number of rotatable bonds is 12. The second kappa shape index (κ2) is 10.8. The Labute approximate surface area is 164 Å². The SMILES string of the molecule is CCCC[C@@H](CCCCN(C)S(=O)(=O)c1ccccc1)C1=N[C@H](CC)CO1. The van der Waals surface area contributed by atoms with E-state index in [1.165, 1.54) is 17.1 Å². The first-order valence-electron chi connectivity index (χ1n) is 10.2. The van der Waals surface area contributed by atoms with E-state index in [1.807, 2.05) is 6.07 Å². The molecule has 0 aromatic heterocycles. The van der Waals surface area contributed by atoms with E-state index < -0.39 is 10.0 Å². The van der Waals surface area contributed by atoms with Gasteiger partial charge in [-0.3, -0.25) is 0 Å². The number of benzene rings is 1. The van der Waals surface area contributed by atoms with Crippen molar-refractivity contribution in [3.8, 4) is 0 Å². The van der Waals surface area contributed by atoms with Gasteiger partial charge >= 0.3 is 0 Å². The normalized spacial score (nSPS) is 18.4. The molecule has 2 atom stereocenters. The highest BCUT2D eigenvalue weighted by atomic mass is 32.2. The largest absolute Gasteiger partial charge is 0.478 e. The summed E-state index contributed by atoms with van der Waals surface area (Å²) in [6, 6.07) is 8.94. The van der Waals surface area contributed by atoms with Crippen LogP contribution in [-0.4, -0.2) is 44.9 Å². The molecule has 0 saturated heterocycles. The monoisotopic (exact) mass is 394 g/mol. The highest BCUT2D eigenvalue weighted by Crippen LogP contribution is 2.23. The molecule has 6 heteroatoms. The zero-order valence-electron chi connectivity index (χ0n) is 16.9. The second-order valence-corrected chi connectivity index (χ2v) is 9.36. The number of ether oxygens (including phenoxy) is 1. The predicted molar refractivity (Wildman–Crippen MR) is 111 cm³/mol. The first-order chi connectivity index (χ1) is 13.0. The highest BCUT2D eigenvalue weighted by molar-refractivity contribution is 7.89. The van der Waals surface area contributed by atoms with E-state index in [2.05, 4.69) is 13.8 Å². The number of hydrogen-bond acceptors (Lipinski definition) is 4. The molecule has 1 aliphatic heterocycles. The van der Waals surface area contributed by atoms with Crippen LogP contribution in [0.15, 0.2) is 40.2 Å². The van der Waals surface area contributed by atoms with Crippen molar-refractivity contribution < 1.29 is 13.2 Å². The molecule has 1 heterocycles. The van der Waals surface area contributed by atoms with Crippen molar-refractivity contribution in [3.05, 3.63) is 30.3 Å². The maximum absolute atomic E-state index is 12.6. The lowest BCUT2D eigenvalue weighted by Crippen LogP contribution is -2.28. The van der Waals surface area contributed by atoms with Crippen LogP contribution in [0.25, 0.3) is 0 Å².